The zero-order valence-electron chi connectivity index (χ0n) is 18.1. The van der Waals surface area contributed by atoms with Crippen molar-refractivity contribution in [2.45, 2.75) is 83.0 Å². The molecule has 2 nitrogen and oxygen atoms in total. The molecule has 29 heavy (non-hydrogen) atoms. The van der Waals surface area contributed by atoms with Gasteiger partial charge in [-0.15, -0.1) is 0 Å². The third kappa shape index (κ3) is 2.82. The summed E-state index contributed by atoms with van der Waals surface area (Å²) in [6.07, 6.45) is 10.3. The standard InChI is InChI=1S/C27H34O2/c1-4-9-25-12-20-13-26(15-25,21-5-7-23(28)18(2)10-21)17-27(14-20,16-25)22-6-8-24(29)19(3)11-22/h5-8,10-11,20,28-29H,4,9,12-17H2,1-3H3. The molecule has 4 aliphatic rings. The van der Waals surface area contributed by atoms with E-state index in [9.17, 15) is 10.2 Å². The van der Waals surface area contributed by atoms with Crippen LogP contribution in [0.2, 0.25) is 0 Å². The van der Waals surface area contributed by atoms with Crippen LogP contribution in [0, 0.1) is 25.2 Å². The Balaban J connectivity index is 1.66. The summed E-state index contributed by atoms with van der Waals surface area (Å²) in [6.45, 7) is 6.40. The van der Waals surface area contributed by atoms with Crippen LogP contribution < -0.4 is 0 Å². The van der Waals surface area contributed by atoms with Crippen LogP contribution in [0.4, 0.5) is 0 Å². The molecule has 4 fully saturated rings. The summed E-state index contributed by atoms with van der Waals surface area (Å²) in [5, 5.41) is 20.2. The zero-order chi connectivity index (χ0) is 20.4. The lowest BCUT2D eigenvalue weighted by molar-refractivity contribution is -0.0944. The molecule has 4 aliphatic carbocycles. The van der Waals surface area contributed by atoms with E-state index in [1.165, 1.54) is 62.5 Å². The quantitative estimate of drug-likeness (QED) is 0.612. The van der Waals surface area contributed by atoms with Crippen molar-refractivity contribution in [2.75, 3.05) is 0 Å². The highest BCUT2D eigenvalue weighted by molar-refractivity contribution is 5.45. The fourth-order valence-electron chi connectivity index (χ4n) is 8.06. The molecule has 2 N–H and O–H groups in total. The summed E-state index contributed by atoms with van der Waals surface area (Å²) in [4.78, 5) is 0. The van der Waals surface area contributed by atoms with Gasteiger partial charge in [0.15, 0.2) is 0 Å². The minimum Gasteiger partial charge on any atom is -0.508 e. The Bertz CT molecular complexity index is 892. The molecule has 2 unspecified atom stereocenters. The molecule has 4 saturated carbocycles. The van der Waals surface area contributed by atoms with Gasteiger partial charge >= 0.3 is 0 Å². The molecule has 0 saturated heterocycles. The summed E-state index contributed by atoms with van der Waals surface area (Å²) in [7, 11) is 0. The van der Waals surface area contributed by atoms with Crippen molar-refractivity contribution in [3.63, 3.8) is 0 Å². The van der Waals surface area contributed by atoms with Crippen molar-refractivity contribution >= 4 is 0 Å². The maximum absolute atomic E-state index is 10.1. The Morgan fingerprint density at radius 2 is 1.31 bits per heavy atom. The molecule has 2 aromatic carbocycles. The molecule has 0 aromatic heterocycles. The molecule has 0 aliphatic heterocycles. The molecular weight excluding hydrogens is 356 g/mol. The number of phenolic OH excluding ortho intramolecular Hbond substituents is 2. The van der Waals surface area contributed by atoms with E-state index in [1.807, 2.05) is 26.0 Å². The second kappa shape index (κ2) is 6.27. The predicted octanol–water partition coefficient (Wildman–Crippen LogP) is 6.67. The summed E-state index contributed by atoms with van der Waals surface area (Å²) >= 11 is 0. The lowest BCUT2D eigenvalue weighted by Gasteiger charge is -2.67. The molecule has 6 rings (SSSR count). The number of benzene rings is 2. The highest BCUT2D eigenvalue weighted by Gasteiger charge is 2.63. The van der Waals surface area contributed by atoms with E-state index in [-0.39, 0.29) is 10.8 Å². The number of rotatable bonds is 4. The van der Waals surface area contributed by atoms with Gasteiger partial charge in [0.1, 0.15) is 11.5 Å². The van der Waals surface area contributed by atoms with Crippen molar-refractivity contribution in [3.8, 4) is 11.5 Å². The van der Waals surface area contributed by atoms with Crippen LogP contribution in [0.1, 0.15) is 80.5 Å². The first-order chi connectivity index (χ1) is 13.8. The Kier molecular flexibility index (Phi) is 4.11. The molecule has 4 bridgehead atoms. The maximum atomic E-state index is 10.1. The molecule has 0 amide bonds. The average molecular weight is 391 g/mol. The van der Waals surface area contributed by atoms with E-state index < -0.39 is 0 Å². The number of aryl methyl sites for hydroxylation is 2. The van der Waals surface area contributed by atoms with E-state index in [0.717, 1.165) is 17.0 Å². The van der Waals surface area contributed by atoms with Crippen LogP contribution in [0.5, 0.6) is 11.5 Å². The van der Waals surface area contributed by atoms with Gasteiger partial charge in [-0.25, -0.2) is 0 Å². The van der Waals surface area contributed by atoms with E-state index in [0.29, 0.717) is 16.9 Å². The second-order valence-corrected chi connectivity index (χ2v) is 10.8. The summed E-state index contributed by atoms with van der Waals surface area (Å²) in [6, 6.07) is 12.7. The molecule has 2 atom stereocenters. The van der Waals surface area contributed by atoms with Gasteiger partial charge in [-0.3, -0.25) is 0 Å². The third-order valence-electron chi connectivity index (χ3n) is 8.58. The molecular formula is C27H34O2. The maximum Gasteiger partial charge on any atom is 0.118 e. The summed E-state index contributed by atoms with van der Waals surface area (Å²) in [5.74, 6) is 1.59. The minimum absolute atomic E-state index is 0.221. The second-order valence-electron chi connectivity index (χ2n) is 10.8. The fourth-order valence-corrected chi connectivity index (χ4v) is 8.06. The Hall–Kier alpha value is -1.96. The van der Waals surface area contributed by atoms with Gasteiger partial charge in [0, 0.05) is 0 Å². The van der Waals surface area contributed by atoms with Gasteiger partial charge in [-0.2, -0.15) is 0 Å². The Morgan fingerprint density at radius 3 is 1.76 bits per heavy atom. The molecule has 0 radical (unpaired) electrons. The monoisotopic (exact) mass is 390 g/mol. The first-order valence-corrected chi connectivity index (χ1v) is 11.4. The van der Waals surface area contributed by atoms with E-state index in [4.69, 9.17) is 0 Å². The zero-order valence-corrected chi connectivity index (χ0v) is 18.1. The van der Waals surface area contributed by atoms with Gasteiger partial charge in [0.2, 0.25) is 0 Å². The van der Waals surface area contributed by atoms with Crippen molar-refractivity contribution in [1.82, 2.24) is 0 Å². The largest absolute Gasteiger partial charge is 0.508 e. The van der Waals surface area contributed by atoms with Crippen LogP contribution in [-0.4, -0.2) is 10.2 Å². The Morgan fingerprint density at radius 1 is 0.793 bits per heavy atom. The van der Waals surface area contributed by atoms with Gasteiger partial charge in [-0.1, -0.05) is 37.6 Å². The van der Waals surface area contributed by atoms with Crippen LogP contribution in [0.3, 0.4) is 0 Å². The molecule has 154 valence electrons. The number of hydrogen-bond acceptors (Lipinski definition) is 2. The Labute approximate surface area is 175 Å². The lowest BCUT2D eigenvalue weighted by Crippen LogP contribution is -2.60. The first-order valence-electron chi connectivity index (χ1n) is 11.4. The van der Waals surface area contributed by atoms with E-state index in [2.05, 4.69) is 31.2 Å². The normalized spacial score (nSPS) is 35.2. The average Bonchev–Trinajstić information content (AvgIpc) is 2.65. The third-order valence-corrected chi connectivity index (χ3v) is 8.58. The van der Waals surface area contributed by atoms with Crippen molar-refractivity contribution in [3.05, 3.63) is 58.7 Å². The van der Waals surface area contributed by atoms with E-state index >= 15 is 0 Å². The molecule has 0 heterocycles. The van der Waals surface area contributed by atoms with Gasteiger partial charge in [0.05, 0.1) is 0 Å². The molecule has 0 spiro atoms. The number of phenols is 2. The topological polar surface area (TPSA) is 40.5 Å². The molecule has 2 heteroatoms. The van der Waals surface area contributed by atoms with Crippen molar-refractivity contribution in [1.29, 1.82) is 0 Å². The van der Waals surface area contributed by atoms with Gasteiger partial charge in [0.25, 0.3) is 0 Å². The van der Waals surface area contributed by atoms with Crippen LogP contribution in [0.15, 0.2) is 36.4 Å². The number of aromatic hydroxyl groups is 2. The minimum atomic E-state index is 0.221. The van der Waals surface area contributed by atoms with Gasteiger partial charge < -0.3 is 10.2 Å². The van der Waals surface area contributed by atoms with Crippen LogP contribution >= 0.6 is 0 Å². The predicted molar refractivity (Wildman–Crippen MR) is 118 cm³/mol. The fraction of sp³-hybridized carbons (Fsp3) is 0.556. The summed E-state index contributed by atoms with van der Waals surface area (Å²) in [5.41, 5.74) is 5.76. The van der Waals surface area contributed by atoms with Gasteiger partial charge in [-0.05, 0) is 115 Å². The van der Waals surface area contributed by atoms with Crippen LogP contribution in [0.25, 0.3) is 0 Å². The number of hydrogen-bond donors (Lipinski definition) is 2. The molecule has 2 aromatic rings. The smallest absolute Gasteiger partial charge is 0.118 e. The van der Waals surface area contributed by atoms with E-state index in [1.54, 1.807) is 0 Å². The first kappa shape index (κ1) is 19.0. The highest BCUT2D eigenvalue weighted by atomic mass is 16.3. The SMILES string of the molecule is CCCC12CC3CC(c4ccc(O)c(C)c4)(C1)CC(c1ccc(O)c(C)c1)(C3)C2. The lowest BCUT2D eigenvalue weighted by atomic mass is 9.37. The summed E-state index contributed by atoms with van der Waals surface area (Å²) < 4.78 is 0. The highest BCUT2D eigenvalue weighted by Crippen LogP contribution is 2.71. The van der Waals surface area contributed by atoms with Crippen LogP contribution in [-0.2, 0) is 10.8 Å². The van der Waals surface area contributed by atoms with Crippen molar-refractivity contribution < 1.29 is 10.2 Å². The van der Waals surface area contributed by atoms with Crippen molar-refractivity contribution in [2.24, 2.45) is 11.3 Å².